The molecule has 8 rings (SSSR count). The van der Waals surface area contributed by atoms with Gasteiger partial charge >= 0.3 is 0 Å². The first kappa shape index (κ1) is 31.6. The zero-order valence-electron chi connectivity index (χ0n) is 25.8. The number of pyridine rings is 3. The maximum absolute atomic E-state index is 5.02. The maximum Gasteiger partial charge on any atom is 0.0899 e. The van der Waals surface area contributed by atoms with Gasteiger partial charge in [0, 0.05) is 49.6 Å². The summed E-state index contributed by atoms with van der Waals surface area (Å²) in [5, 5.41) is 3.49. The quantitative estimate of drug-likeness (QED) is 0.132. The van der Waals surface area contributed by atoms with Gasteiger partial charge in [-0.25, -0.2) is 4.98 Å². The average Bonchev–Trinajstić information content (AvgIpc) is 3.13. The third-order valence-corrected chi connectivity index (χ3v) is 7.69. The van der Waals surface area contributed by atoms with E-state index in [9.17, 15) is 0 Å². The number of benzene rings is 4. The Morgan fingerprint density at radius 1 is 0.511 bits per heavy atom. The van der Waals surface area contributed by atoms with Gasteiger partial charge in [-0.2, -0.15) is 0 Å². The van der Waals surface area contributed by atoms with Crippen LogP contribution in [0.25, 0.3) is 66.7 Å². The molecule has 0 amide bonds. The van der Waals surface area contributed by atoms with Gasteiger partial charge in [0.05, 0.1) is 29.3 Å². The summed E-state index contributed by atoms with van der Waals surface area (Å²) in [7, 11) is 0. The number of hydrogen-bond donors (Lipinski definition) is 0. The summed E-state index contributed by atoms with van der Waals surface area (Å²) in [5.41, 5.74) is 10.8. The second-order valence-corrected chi connectivity index (χ2v) is 11.0. The van der Waals surface area contributed by atoms with Gasteiger partial charge in [0.25, 0.3) is 0 Å². The van der Waals surface area contributed by atoms with Crippen molar-refractivity contribution < 1.29 is 20.1 Å². The van der Waals surface area contributed by atoms with Crippen LogP contribution in [0.4, 0.5) is 0 Å². The molecule has 0 N–H and O–H groups in total. The van der Waals surface area contributed by atoms with Crippen molar-refractivity contribution in [1.82, 2.24) is 24.9 Å². The first-order valence-electron chi connectivity index (χ1n) is 15.1. The van der Waals surface area contributed by atoms with Crippen molar-refractivity contribution in [1.29, 1.82) is 0 Å². The Hall–Kier alpha value is -5.42. The van der Waals surface area contributed by atoms with Crippen LogP contribution in [0.2, 0.25) is 0 Å². The van der Waals surface area contributed by atoms with Crippen LogP contribution in [0.3, 0.4) is 0 Å². The van der Waals surface area contributed by atoms with Gasteiger partial charge in [-0.05, 0) is 65.8 Å². The largest absolute Gasteiger partial charge is 0.305 e. The normalized spacial score (nSPS) is 10.6. The molecule has 0 bridgehead atoms. The van der Waals surface area contributed by atoms with E-state index >= 15 is 0 Å². The Bertz CT molecular complexity index is 2240. The summed E-state index contributed by atoms with van der Waals surface area (Å²) in [6, 6.07) is 42.8. The van der Waals surface area contributed by atoms with Crippen LogP contribution in [-0.2, 0) is 20.1 Å². The number of rotatable bonds is 4. The molecule has 4 heterocycles. The summed E-state index contributed by atoms with van der Waals surface area (Å²) in [6.45, 7) is 4.20. The van der Waals surface area contributed by atoms with E-state index < -0.39 is 0 Å². The minimum atomic E-state index is 0. The first-order chi connectivity index (χ1) is 22.6. The minimum Gasteiger partial charge on any atom is -0.305 e. The Balaban J connectivity index is 0.000000250. The van der Waals surface area contributed by atoms with Crippen molar-refractivity contribution in [2.75, 3.05) is 0 Å². The molecular formula is C41H29IrN5-2. The maximum atomic E-state index is 5.02. The Kier molecular flexibility index (Phi) is 9.63. The number of nitrogens with zero attached hydrogens (tertiary/aromatic N) is 5. The van der Waals surface area contributed by atoms with E-state index in [-0.39, 0.29) is 20.1 Å². The van der Waals surface area contributed by atoms with E-state index in [1.165, 1.54) is 10.9 Å². The van der Waals surface area contributed by atoms with Crippen molar-refractivity contribution in [3.63, 3.8) is 0 Å². The third kappa shape index (κ3) is 7.05. The summed E-state index contributed by atoms with van der Waals surface area (Å²) in [5.74, 6) is 0. The molecule has 0 aliphatic heterocycles. The fourth-order valence-electron chi connectivity index (χ4n) is 5.46. The molecule has 4 aromatic heterocycles. The Labute approximate surface area is 287 Å². The third-order valence-electron chi connectivity index (χ3n) is 7.69. The number of aryl methyl sites for hydroxylation is 2. The van der Waals surface area contributed by atoms with Crippen molar-refractivity contribution in [2.45, 2.75) is 13.8 Å². The molecule has 0 saturated heterocycles. The van der Waals surface area contributed by atoms with E-state index in [0.717, 1.165) is 66.9 Å². The van der Waals surface area contributed by atoms with E-state index in [2.05, 4.69) is 77.3 Å². The summed E-state index contributed by atoms with van der Waals surface area (Å²) in [6.07, 6.45) is 9.12. The van der Waals surface area contributed by atoms with Gasteiger partial charge in [0.15, 0.2) is 0 Å². The van der Waals surface area contributed by atoms with Gasteiger partial charge < -0.3 is 9.97 Å². The monoisotopic (exact) mass is 784 g/mol. The molecule has 6 heteroatoms. The van der Waals surface area contributed by atoms with Crippen LogP contribution >= 0.6 is 0 Å². The molecular weight excluding hydrogens is 755 g/mol. The standard InChI is InChI=1S/C30H21N4.C11H8N.Ir/c1-19-9-10-23-24(12-19)25-13-20(2)16-33-28(25)15-26(23)30-18-31-17-29(34-30)22-7-5-6-21(14-22)27-8-3-4-11-32-27;1-2-6-10(7-3-1)11-8-4-5-9-12-11;/h3-5,7-18H,1-2H3;1-6,8-9H;/q2*-1;. The molecule has 0 saturated carbocycles. The predicted molar refractivity (Wildman–Crippen MR) is 186 cm³/mol. The molecule has 5 nitrogen and oxygen atoms in total. The molecule has 0 atom stereocenters. The zero-order valence-corrected chi connectivity index (χ0v) is 28.2. The van der Waals surface area contributed by atoms with Crippen molar-refractivity contribution in [3.8, 4) is 45.0 Å². The first-order valence-corrected chi connectivity index (χ1v) is 15.1. The Morgan fingerprint density at radius 3 is 1.98 bits per heavy atom. The van der Waals surface area contributed by atoms with Gasteiger partial charge in [-0.15, -0.1) is 65.7 Å². The second kappa shape index (κ2) is 14.3. The van der Waals surface area contributed by atoms with Crippen LogP contribution in [0, 0.1) is 26.0 Å². The summed E-state index contributed by atoms with van der Waals surface area (Å²) >= 11 is 0. The fraction of sp³-hybridized carbons (Fsp3) is 0.0488. The molecule has 47 heavy (non-hydrogen) atoms. The minimum absolute atomic E-state index is 0. The predicted octanol–water partition coefficient (Wildman–Crippen LogP) is 9.54. The molecule has 0 fully saturated rings. The van der Waals surface area contributed by atoms with Gasteiger partial charge in [0.2, 0.25) is 0 Å². The van der Waals surface area contributed by atoms with E-state index in [1.807, 2.05) is 85.2 Å². The van der Waals surface area contributed by atoms with Crippen molar-refractivity contribution in [3.05, 3.63) is 163 Å². The molecule has 0 spiro atoms. The van der Waals surface area contributed by atoms with Crippen molar-refractivity contribution in [2.24, 2.45) is 0 Å². The summed E-state index contributed by atoms with van der Waals surface area (Å²) in [4.78, 5) is 23.0. The molecule has 0 aliphatic rings. The van der Waals surface area contributed by atoms with Crippen LogP contribution in [-0.4, -0.2) is 24.9 Å². The molecule has 229 valence electrons. The number of hydrogen-bond acceptors (Lipinski definition) is 5. The fourth-order valence-corrected chi connectivity index (χ4v) is 5.46. The van der Waals surface area contributed by atoms with Gasteiger partial charge in [0.1, 0.15) is 0 Å². The van der Waals surface area contributed by atoms with Crippen LogP contribution < -0.4 is 0 Å². The second-order valence-electron chi connectivity index (χ2n) is 11.0. The molecule has 8 aromatic rings. The zero-order chi connectivity index (χ0) is 31.3. The van der Waals surface area contributed by atoms with E-state index in [4.69, 9.17) is 9.97 Å². The van der Waals surface area contributed by atoms with Gasteiger partial charge in [-0.1, -0.05) is 53.6 Å². The summed E-state index contributed by atoms with van der Waals surface area (Å²) < 4.78 is 0. The topological polar surface area (TPSA) is 64.5 Å². The SMILES string of the molecule is Cc1cnc2cc(-c3cncc(-c4cc[c-]c(-c5ccccn5)c4)n3)c3ccc(C)cc3c2c1.[Ir].[c-]1ccccc1-c1ccccn1. The van der Waals surface area contributed by atoms with Crippen molar-refractivity contribution >= 4 is 21.7 Å². The molecule has 0 aliphatic carbocycles. The smallest absolute Gasteiger partial charge is 0.0899 e. The average molecular weight is 784 g/mol. The number of fused-ring (bicyclic) bond motifs is 3. The van der Waals surface area contributed by atoms with E-state index in [1.54, 1.807) is 18.6 Å². The molecule has 1 radical (unpaired) electrons. The van der Waals surface area contributed by atoms with Crippen LogP contribution in [0.15, 0.2) is 140 Å². The Morgan fingerprint density at radius 2 is 1.23 bits per heavy atom. The molecule has 0 unspecified atom stereocenters. The number of aromatic nitrogens is 5. The van der Waals surface area contributed by atoms with Crippen LogP contribution in [0.1, 0.15) is 11.1 Å². The van der Waals surface area contributed by atoms with E-state index in [0.29, 0.717) is 0 Å². The van der Waals surface area contributed by atoms with Crippen LogP contribution in [0.5, 0.6) is 0 Å². The van der Waals surface area contributed by atoms with Gasteiger partial charge in [-0.3, -0.25) is 9.97 Å². The molecule has 4 aromatic carbocycles.